The molecule has 1 aliphatic heterocycles. The van der Waals surface area contributed by atoms with Gasteiger partial charge in [0.15, 0.2) is 0 Å². The third-order valence-electron chi connectivity index (χ3n) is 5.18. The standard InChI is InChI=1S/C25H33NO4/c1-25(2,3)30-24(27)26-16-14-21(15-17-26)29-23-11-6-5-9-20(23)13-12-19-8-7-10-22(18-19)28-4/h5-11,18,21H,12-17H2,1-4H3. The number of carbonyl (C=O) groups is 1. The van der Waals surface area contributed by atoms with Crippen LogP contribution in [0.15, 0.2) is 48.5 Å². The summed E-state index contributed by atoms with van der Waals surface area (Å²) in [4.78, 5) is 14.0. The van der Waals surface area contributed by atoms with Gasteiger partial charge < -0.3 is 19.1 Å². The number of amides is 1. The number of hydrogen-bond donors (Lipinski definition) is 0. The van der Waals surface area contributed by atoms with E-state index in [9.17, 15) is 4.79 Å². The summed E-state index contributed by atoms with van der Waals surface area (Å²) in [5.41, 5.74) is 1.98. The Bertz CT molecular complexity index is 835. The molecule has 0 radical (unpaired) electrons. The van der Waals surface area contributed by atoms with Crippen LogP contribution in [0.1, 0.15) is 44.7 Å². The molecule has 0 saturated carbocycles. The van der Waals surface area contributed by atoms with E-state index in [4.69, 9.17) is 14.2 Å². The zero-order valence-electron chi connectivity index (χ0n) is 18.5. The Kier molecular flexibility index (Phi) is 7.24. The van der Waals surface area contributed by atoms with Gasteiger partial charge in [-0.25, -0.2) is 4.79 Å². The van der Waals surface area contributed by atoms with Gasteiger partial charge in [-0.1, -0.05) is 30.3 Å². The summed E-state index contributed by atoms with van der Waals surface area (Å²) in [6.07, 6.45) is 3.32. The second-order valence-electron chi connectivity index (χ2n) is 8.74. The minimum absolute atomic E-state index is 0.113. The average molecular weight is 412 g/mol. The quantitative estimate of drug-likeness (QED) is 0.651. The van der Waals surface area contributed by atoms with Crippen LogP contribution in [0, 0.1) is 0 Å². The van der Waals surface area contributed by atoms with E-state index in [1.807, 2.05) is 45.0 Å². The highest BCUT2D eigenvalue weighted by Crippen LogP contribution is 2.25. The van der Waals surface area contributed by atoms with E-state index in [1.54, 1.807) is 12.0 Å². The monoisotopic (exact) mass is 411 g/mol. The first-order chi connectivity index (χ1) is 14.3. The van der Waals surface area contributed by atoms with E-state index < -0.39 is 5.60 Å². The molecular formula is C25H33NO4. The molecule has 5 heteroatoms. The lowest BCUT2D eigenvalue weighted by atomic mass is 10.0. The average Bonchev–Trinajstić information content (AvgIpc) is 2.72. The predicted octanol–water partition coefficient (Wildman–Crippen LogP) is 5.26. The van der Waals surface area contributed by atoms with Gasteiger partial charge in [0.25, 0.3) is 0 Å². The topological polar surface area (TPSA) is 48.0 Å². The number of para-hydroxylation sites is 1. The Balaban J connectivity index is 1.54. The third kappa shape index (κ3) is 6.41. The van der Waals surface area contributed by atoms with Gasteiger partial charge in [-0.3, -0.25) is 0 Å². The van der Waals surface area contributed by atoms with Crippen LogP contribution in [-0.2, 0) is 17.6 Å². The first kappa shape index (κ1) is 22.0. The van der Waals surface area contributed by atoms with Crippen LogP contribution in [0.3, 0.4) is 0 Å². The molecule has 1 fully saturated rings. The molecule has 2 aromatic carbocycles. The van der Waals surface area contributed by atoms with Crippen LogP contribution in [0.4, 0.5) is 4.79 Å². The zero-order chi connectivity index (χ0) is 21.6. The van der Waals surface area contributed by atoms with Gasteiger partial charge in [-0.2, -0.15) is 0 Å². The van der Waals surface area contributed by atoms with Gasteiger partial charge in [0.1, 0.15) is 23.2 Å². The number of piperidine rings is 1. The molecule has 0 spiro atoms. The maximum absolute atomic E-state index is 12.3. The Morgan fingerprint density at radius 1 is 1.03 bits per heavy atom. The molecule has 162 valence electrons. The van der Waals surface area contributed by atoms with E-state index in [-0.39, 0.29) is 12.2 Å². The molecule has 0 aliphatic carbocycles. The van der Waals surface area contributed by atoms with E-state index in [0.717, 1.165) is 37.2 Å². The summed E-state index contributed by atoms with van der Waals surface area (Å²) in [6.45, 7) is 6.99. The minimum Gasteiger partial charge on any atom is -0.497 e. The molecule has 0 bridgehead atoms. The molecule has 0 aromatic heterocycles. The fourth-order valence-corrected chi connectivity index (χ4v) is 3.59. The number of aryl methyl sites for hydroxylation is 2. The highest BCUT2D eigenvalue weighted by Gasteiger charge is 2.27. The summed E-state index contributed by atoms with van der Waals surface area (Å²) in [6, 6.07) is 16.4. The molecule has 0 unspecified atom stereocenters. The molecule has 30 heavy (non-hydrogen) atoms. The van der Waals surface area contributed by atoms with Gasteiger partial charge in [0, 0.05) is 25.9 Å². The number of carbonyl (C=O) groups excluding carboxylic acids is 1. The fourth-order valence-electron chi connectivity index (χ4n) is 3.59. The largest absolute Gasteiger partial charge is 0.497 e. The molecule has 1 amide bonds. The lowest BCUT2D eigenvalue weighted by Crippen LogP contribution is -2.44. The lowest BCUT2D eigenvalue weighted by molar-refractivity contribution is 0.0126. The van der Waals surface area contributed by atoms with E-state index in [2.05, 4.69) is 24.3 Å². The van der Waals surface area contributed by atoms with E-state index in [0.29, 0.717) is 13.1 Å². The van der Waals surface area contributed by atoms with Gasteiger partial charge in [-0.15, -0.1) is 0 Å². The van der Waals surface area contributed by atoms with Crippen LogP contribution in [0.5, 0.6) is 11.5 Å². The number of methoxy groups -OCH3 is 1. The summed E-state index contributed by atoms with van der Waals surface area (Å²) in [5.74, 6) is 1.82. The van der Waals surface area contributed by atoms with Gasteiger partial charge in [0.2, 0.25) is 0 Å². The van der Waals surface area contributed by atoms with Crippen molar-refractivity contribution in [3.05, 3.63) is 59.7 Å². The number of nitrogens with zero attached hydrogens (tertiary/aromatic N) is 1. The number of rotatable bonds is 6. The van der Waals surface area contributed by atoms with E-state index in [1.165, 1.54) is 11.1 Å². The van der Waals surface area contributed by atoms with Crippen molar-refractivity contribution in [3.8, 4) is 11.5 Å². The van der Waals surface area contributed by atoms with Crippen molar-refractivity contribution in [1.82, 2.24) is 4.90 Å². The second kappa shape index (κ2) is 9.88. The SMILES string of the molecule is COc1cccc(CCc2ccccc2OC2CCN(C(=O)OC(C)(C)C)CC2)c1. The molecule has 3 rings (SSSR count). The predicted molar refractivity (Wildman–Crippen MR) is 118 cm³/mol. The van der Waals surface area contributed by atoms with Crippen molar-refractivity contribution in [1.29, 1.82) is 0 Å². The van der Waals surface area contributed by atoms with Crippen molar-refractivity contribution in [2.24, 2.45) is 0 Å². The normalized spacial score (nSPS) is 15.0. The molecule has 0 atom stereocenters. The van der Waals surface area contributed by atoms with Crippen LogP contribution in [0.2, 0.25) is 0 Å². The summed E-state index contributed by atoms with van der Waals surface area (Å²) < 4.78 is 17.1. The number of likely N-dealkylation sites (tertiary alicyclic amines) is 1. The van der Waals surface area contributed by atoms with Crippen LogP contribution in [0.25, 0.3) is 0 Å². The molecule has 1 saturated heterocycles. The van der Waals surface area contributed by atoms with Gasteiger partial charge in [-0.05, 0) is 62.9 Å². The Morgan fingerprint density at radius 2 is 1.77 bits per heavy atom. The highest BCUT2D eigenvalue weighted by atomic mass is 16.6. The van der Waals surface area contributed by atoms with Gasteiger partial charge >= 0.3 is 6.09 Å². The van der Waals surface area contributed by atoms with Gasteiger partial charge in [0.05, 0.1) is 7.11 Å². The molecule has 1 heterocycles. The third-order valence-corrected chi connectivity index (χ3v) is 5.18. The van der Waals surface area contributed by atoms with Crippen LogP contribution in [-0.4, -0.2) is 42.9 Å². The van der Waals surface area contributed by atoms with Crippen molar-refractivity contribution in [2.45, 2.75) is 58.2 Å². The Labute approximate surface area is 179 Å². The van der Waals surface area contributed by atoms with Crippen molar-refractivity contribution < 1.29 is 19.0 Å². The molecule has 0 N–H and O–H groups in total. The Hall–Kier alpha value is -2.69. The van der Waals surface area contributed by atoms with E-state index >= 15 is 0 Å². The van der Waals surface area contributed by atoms with Crippen LogP contribution < -0.4 is 9.47 Å². The zero-order valence-corrected chi connectivity index (χ0v) is 18.5. The first-order valence-electron chi connectivity index (χ1n) is 10.7. The smallest absolute Gasteiger partial charge is 0.410 e. The van der Waals surface area contributed by atoms with Crippen molar-refractivity contribution in [2.75, 3.05) is 20.2 Å². The molecule has 2 aromatic rings. The summed E-state index contributed by atoms with van der Waals surface area (Å²) in [5, 5.41) is 0. The molecule has 5 nitrogen and oxygen atoms in total. The minimum atomic E-state index is -0.466. The number of benzene rings is 2. The maximum Gasteiger partial charge on any atom is 0.410 e. The summed E-state index contributed by atoms with van der Waals surface area (Å²) >= 11 is 0. The molecule has 1 aliphatic rings. The number of hydrogen-bond acceptors (Lipinski definition) is 4. The number of ether oxygens (including phenoxy) is 3. The maximum atomic E-state index is 12.3. The first-order valence-corrected chi connectivity index (χ1v) is 10.7. The second-order valence-corrected chi connectivity index (χ2v) is 8.74. The van der Waals surface area contributed by atoms with Crippen molar-refractivity contribution >= 4 is 6.09 Å². The fraction of sp³-hybridized carbons (Fsp3) is 0.480. The summed E-state index contributed by atoms with van der Waals surface area (Å²) in [7, 11) is 1.69. The highest BCUT2D eigenvalue weighted by molar-refractivity contribution is 5.68. The lowest BCUT2D eigenvalue weighted by Gasteiger charge is -2.33. The van der Waals surface area contributed by atoms with Crippen LogP contribution >= 0.6 is 0 Å². The molecular weight excluding hydrogens is 378 g/mol. The Morgan fingerprint density at radius 3 is 2.47 bits per heavy atom. The van der Waals surface area contributed by atoms with Crippen molar-refractivity contribution in [3.63, 3.8) is 0 Å².